The van der Waals surface area contributed by atoms with Crippen molar-refractivity contribution in [2.45, 2.75) is 50.7 Å². The van der Waals surface area contributed by atoms with E-state index in [-0.39, 0.29) is 5.56 Å². The molecule has 1 atom stereocenters. The number of aliphatic carboxylic acids is 1. The van der Waals surface area contributed by atoms with Crippen molar-refractivity contribution in [3.63, 3.8) is 0 Å². The summed E-state index contributed by atoms with van der Waals surface area (Å²) in [6.45, 7) is -0.709. The predicted molar refractivity (Wildman–Crippen MR) is 116 cm³/mol. The molecule has 176 valence electrons. The van der Waals surface area contributed by atoms with Crippen molar-refractivity contribution < 1.29 is 29.3 Å². The van der Waals surface area contributed by atoms with Crippen LogP contribution in [0.4, 0.5) is 0 Å². The van der Waals surface area contributed by atoms with Crippen molar-refractivity contribution >= 4 is 17.5 Å². The van der Waals surface area contributed by atoms with E-state index in [1.807, 2.05) is 0 Å². The maximum atomic E-state index is 13.2. The average Bonchev–Trinajstić information content (AvgIpc) is 2.81. The van der Waals surface area contributed by atoms with E-state index in [4.69, 9.17) is 15.6 Å². The van der Waals surface area contributed by atoms with Crippen molar-refractivity contribution in [2.75, 3.05) is 7.11 Å². The lowest BCUT2D eigenvalue weighted by atomic mass is 9.95. The first-order chi connectivity index (χ1) is 15.7. The van der Waals surface area contributed by atoms with Gasteiger partial charge < -0.3 is 20.7 Å². The molecule has 0 radical (unpaired) electrons. The van der Waals surface area contributed by atoms with Gasteiger partial charge in [-0.05, 0) is 37.1 Å². The number of carbonyl (C=O) groups excluding carboxylic acids is 2. The molecule has 1 unspecified atom stereocenters. The largest absolute Gasteiger partial charge is 0.497 e. The average molecular weight is 459 g/mol. The molecule has 1 aliphatic rings. The van der Waals surface area contributed by atoms with Gasteiger partial charge in [-0.1, -0.05) is 19.3 Å². The van der Waals surface area contributed by atoms with E-state index in [0.717, 1.165) is 23.8 Å². The van der Waals surface area contributed by atoms with Crippen LogP contribution in [0, 0.1) is 0 Å². The van der Waals surface area contributed by atoms with Gasteiger partial charge in [-0.15, -0.1) is 0 Å². The Morgan fingerprint density at radius 3 is 2.27 bits per heavy atom. The Morgan fingerprint density at radius 1 is 1.12 bits per heavy atom. The number of hydrogen-bond acceptors (Lipinski definition) is 8. The third-order valence-electron chi connectivity index (χ3n) is 5.80. The van der Waals surface area contributed by atoms with Crippen molar-refractivity contribution in [3.8, 4) is 11.6 Å². The van der Waals surface area contributed by atoms with Crippen LogP contribution in [0.2, 0.25) is 0 Å². The van der Waals surface area contributed by atoms with E-state index >= 15 is 0 Å². The Hall–Kier alpha value is -3.73. The molecule has 0 bridgehead atoms. The summed E-state index contributed by atoms with van der Waals surface area (Å²) in [5.41, 5.74) is 2.44. The number of carboxylic acids is 1. The number of ether oxygens (including phenoxy) is 1. The van der Waals surface area contributed by atoms with Crippen LogP contribution in [0.3, 0.4) is 0 Å². The second kappa shape index (κ2) is 9.82. The number of carbonyl (C=O) groups is 3. The molecule has 33 heavy (non-hydrogen) atoms. The van der Waals surface area contributed by atoms with E-state index in [0.29, 0.717) is 23.2 Å². The molecule has 1 aromatic heterocycles. The fourth-order valence-corrected chi connectivity index (χ4v) is 3.96. The number of benzene rings is 1. The molecule has 11 heteroatoms. The molecule has 11 nitrogen and oxygen atoms in total. The van der Waals surface area contributed by atoms with E-state index < -0.39 is 58.9 Å². The third kappa shape index (κ3) is 4.72. The van der Waals surface area contributed by atoms with Crippen LogP contribution in [0.15, 0.2) is 33.9 Å². The molecule has 0 aliphatic heterocycles. The number of hydrogen-bond donors (Lipinski definition) is 3. The van der Waals surface area contributed by atoms with E-state index in [1.54, 1.807) is 0 Å². The second-order valence-electron chi connectivity index (χ2n) is 7.87. The number of methoxy groups -OCH3 is 1. The van der Waals surface area contributed by atoms with Crippen LogP contribution in [0.1, 0.15) is 58.9 Å². The number of nitrogens with two attached hydrogens (primary N) is 1. The minimum absolute atomic E-state index is 0.189. The van der Waals surface area contributed by atoms with Gasteiger partial charge in [-0.25, -0.2) is 4.79 Å². The topological polar surface area (TPSA) is 171 Å². The van der Waals surface area contributed by atoms with Crippen LogP contribution in [-0.2, 0) is 11.3 Å². The predicted octanol–water partition coefficient (Wildman–Crippen LogP) is 0.707. The lowest BCUT2D eigenvalue weighted by Crippen LogP contribution is -2.48. The van der Waals surface area contributed by atoms with Crippen molar-refractivity contribution in [2.24, 2.45) is 5.73 Å². The summed E-state index contributed by atoms with van der Waals surface area (Å²) in [7, 11) is 1.46. The summed E-state index contributed by atoms with van der Waals surface area (Å²) < 4.78 is 6.49. The summed E-state index contributed by atoms with van der Waals surface area (Å²) in [4.78, 5) is 62.9. The Kier molecular flexibility index (Phi) is 7.12. The molecule has 0 saturated heterocycles. The standard InChI is InChI=1S/C22H25N3O8/c1-33-14-9-7-12(8-10-14)15(26)11-24-19(28)16(18(27)17(23)21(30)31)20(29)25(22(24)32)13-5-3-2-4-6-13/h7-10,13,17,29H,2-6,11,23H2,1H3,(H,30,31). The van der Waals surface area contributed by atoms with Crippen molar-refractivity contribution in [1.29, 1.82) is 0 Å². The van der Waals surface area contributed by atoms with Crippen molar-refractivity contribution in [3.05, 3.63) is 56.2 Å². The number of nitrogens with zero attached hydrogens (tertiary/aromatic N) is 2. The minimum Gasteiger partial charge on any atom is -0.497 e. The van der Waals surface area contributed by atoms with E-state index in [2.05, 4.69) is 0 Å². The summed E-state index contributed by atoms with van der Waals surface area (Å²) in [6.07, 6.45) is 3.47. The molecule has 0 amide bonds. The van der Waals surface area contributed by atoms with Gasteiger partial charge in [0.15, 0.2) is 11.8 Å². The van der Waals surface area contributed by atoms with Gasteiger partial charge in [0.1, 0.15) is 11.3 Å². The molecule has 0 spiro atoms. The number of rotatable bonds is 8. The highest BCUT2D eigenvalue weighted by molar-refractivity contribution is 6.12. The van der Waals surface area contributed by atoms with Gasteiger partial charge in [0.2, 0.25) is 11.7 Å². The quantitative estimate of drug-likeness (QED) is 0.380. The molecular weight excluding hydrogens is 434 g/mol. The maximum Gasteiger partial charge on any atom is 0.334 e. The van der Waals surface area contributed by atoms with E-state index in [1.165, 1.54) is 31.4 Å². The monoisotopic (exact) mass is 459 g/mol. The van der Waals surface area contributed by atoms with Gasteiger partial charge in [0, 0.05) is 11.6 Å². The summed E-state index contributed by atoms with van der Waals surface area (Å²) in [5, 5.41) is 19.8. The summed E-state index contributed by atoms with van der Waals surface area (Å²) >= 11 is 0. The molecule has 1 fully saturated rings. The second-order valence-corrected chi connectivity index (χ2v) is 7.87. The van der Waals surface area contributed by atoms with E-state index in [9.17, 15) is 29.1 Å². The van der Waals surface area contributed by atoms with Crippen LogP contribution < -0.4 is 21.7 Å². The number of aromatic hydroxyl groups is 1. The Balaban J connectivity index is 2.15. The molecule has 4 N–H and O–H groups in total. The first-order valence-corrected chi connectivity index (χ1v) is 10.5. The highest BCUT2D eigenvalue weighted by Crippen LogP contribution is 2.30. The van der Waals surface area contributed by atoms with Gasteiger partial charge in [0.25, 0.3) is 5.56 Å². The summed E-state index contributed by atoms with van der Waals surface area (Å²) in [5.74, 6) is -4.07. The van der Waals surface area contributed by atoms with Gasteiger partial charge in [-0.2, -0.15) is 0 Å². The zero-order valence-corrected chi connectivity index (χ0v) is 18.0. The zero-order chi connectivity index (χ0) is 24.3. The van der Waals surface area contributed by atoms with Crippen LogP contribution in [0.25, 0.3) is 0 Å². The maximum absolute atomic E-state index is 13.2. The number of Topliss-reactive ketones (excluding diaryl/α,β-unsaturated/α-hetero) is 2. The lowest BCUT2D eigenvalue weighted by Gasteiger charge is -2.26. The van der Waals surface area contributed by atoms with Gasteiger partial charge >= 0.3 is 11.7 Å². The van der Waals surface area contributed by atoms with Crippen molar-refractivity contribution in [1.82, 2.24) is 9.13 Å². The number of carboxylic acid groups (broad SMARTS) is 1. The first kappa shape index (κ1) is 23.9. The van der Waals surface area contributed by atoms with Crippen LogP contribution in [0.5, 0.6) is 11.6 Å². The van der Waals surface area contributed by atoms with Crippen LogP contribution in [-0.4, -0.2) is 50.0 Å². The molecule has 1 aliphatic carbocycles. The fraction of sp³-hybridized carbons (Fsp3) is 0.409. The van der Waals surface area contributed by atoms with Crippen LogP contribution >= 0.6 is 0 Å². The normalized spacial score (nSPS) is 15.1. The highest BCUT2D eigenvalue weighted by atomic mass is 16.5. The molecule has 1 aromatic carbocycles. The SMILES string of the molecule is COc1ccc(C(=O)Cn2c(=O)c(C(=O)C(N)C(=O)O)c(O)n(C3CCCCC3)c2=O)cc1. The molecule has 2 aromatic rings. The summed E-state index contributed by atoms with van der Waals surface area (Å²) in [6, 6.07) is 3.35. The Bertz CT molecular complexity index is 1190. The molecular formula is C22H25N3O8. The van der Waals surface area contributed by atoms with Gasteiger partial charge in [0.05, 0.1) is 13.7 Å². The Morgan fingerprint density at radius 2 is 1.73 bits per heavy atom. The lowest BCUT2D eigenvalue weighted by molar-refractivity contribution is -0.137. The zero-order valence-electron chi connectivity index (χ0n) is 18.0. The minimum atomic E-state index is -2.12. The fourth-order valence-electron chi connectivity index (χ4n) is 3.96. The molecule has 1 saturated carbocycles. The molecule has 3 rings (SSSR count). The number of aromatic nitrogens is 2. The molecule has 1 heterocycles. The number of ketones is 2. The third-order valence-corrected chi connectivity index (χ3v) is 5.80. The first-order valence-electron chi connectivity index (χ1n) is 10.5. The highest BCUT2D eigenvalue weighted by Gasteiger charge is 2.33. The smallest absolute Gasteiger partial charge is 0.334 e. The van der Waals surface area contributed by atoms with Gasteiger partial charge in [-0.3, -0.25) is 28.3 Å². The Labute approximate surface area is 188 Å².